The van der Waals surface area contributed by atoms with Crippen molar-refractivity contribution in [3.63, 3.8) is 0 Å². The fourth-order valence-electron chi connectivity index (χ4n) is 3.66. The second-order valence-corrected chi connectivity index (χ2v) is 8.23. The van der Waals surface area contributed by atoms with Crippen molar-refractivity contribution in [1.82, 2.24) is 5.32 Å². The Labute approximate surface area is 202 Å². The third-order valence-corrected chi connectivity index (χ3v) is 5.74. The number of rotatable bonds is 6. The summed E-state index contributed by atoms with van der Waals surface area (Å²) in [4.78, 5) is 25.8. The van der Waals surface area contributed by atoms with Crippen molar-refractivity contribution in [2.24, 2.45) is 0 Å². The highest BCUT2D eigenvalue weighted by Crippen LogP contribution is 2.42. The monoisotopic (exact) mass is 487 g/mol. The van der Waals surface area contributed by atoms with E-state index in [1.807, 2.05) is 0 Å². The van der Waals surface area contributed by atoms with E-state index in [4.69, 9.17) is 32.7 Å². The predicted octanol–water partition coefficient (Wildman–Crippen LogP) is 5.36. The molecule has 0 spiro atoms. The van der Waals surface area contributed by atoms with Gasteiger partial charge >= 0.3 is 11.9 Å². The lowest BCUT2D eigenvalue weighted by Crippen LogP contribution is -2.32. The average Bonchev–Trinajstić information content (AvgIpc) is 2.77. The van der Waals surface area contributed by atoms with Crippen LogP contribution in [-0.4, -0.2) is 30.8 Å². The van der Waals surface area contributed by atoms with Gasteiger partial charge in [0.1, 0.15) is 12.4 Å². The lowest BCUT2D eigenvalue weighted by molar-refractivity contribution is -0.138. The van der Waals surface area contributed by atoms with E-state index in [0.717, 1.165) is 5.56 Å². The predicted molar refractivity (Wildman–Crippen MR) is 128 cm³/mol. The van der Waals surface area contributed by atoms with Gasteiger partial charge in [0.05, 0.1) is 24.2 Å². The highest BCUT2D eigenvalue weighted by molar-refractivity contribution is 6.35. The standard InChI is InChI=1S/C25H23Cl2NO5/c1-14-21(24(30)32-3)23(19-11-8-17(26)13-20(19)27)22(15(2)28-14)25(31)33-12-4-5-16-6-9-18(29)10-7-16/h4-11,13,23,28-29H,12H2,1-3H3/b5-4+. The zero-order chi connectivity index (χ0) is 24.1. The molecule has 8 heteroatoms. The summed E-state index contributed by atoms with van der Waals surface area (Å²) in [5.41, 5.74) is 2.99. The van der Waals surface area contributed by atoms with Crippen molar-refractivity contribution in [2.75, 3.05) is 13.7 Å². The third-order valence-electron chi connectivity index (χ3n) is 5.17. The van der Waals surface area contributed by atoms with Gasteiger partial charge in [-0.15, -0.1) is 0 Å². The number of dihydropyridines is 1. The Bertz CT molecular complexity index is 1170. The summed E-state index contributed by atoms with van der Waals surface area (Å²) in [6.45, 7) is 3.47. The van der Waals surface area contributed by atoms with Crippen LogP contribution >= 0.6 is 23.2 Å². The molecule has 1 unspecified atom stereocenters. The fraction of sp³-hybridized carbons (Fsp3) is 0.200. The topological polar surface area (TPSA) is 84.9 Å². The fourth-order valence-corrected chi connectivity index (χ4v) is 4.18. The molecule has 172 valence electrons. The number of benzene rings is 2. The molecule has 1 aliphatic rings. The Hall–Kier alpha value is -3.22. The van der Waals surface area contributed by atoms with Crippen LogP contribution in [0.15, 0.2) is 71.1 Å². The molecule has 6 nitrogen and oxygen atoms in total. The van der Waals surface area contributed by atoms with Crippen molar-refractivity contribution >= 4 is 41.2 Å². The number of halogens is 2. The number of allylic oxidation sites excluding steroid dienone is 2. The summed E-state index contributed by atoms with van der Waals surface area (Å²) in [5, 5.41) is 13.2. The zero-order valence-electron chi connectivity index (χ0n) is 18.3. The quantitative estimate of drug-likeness (QED) is 0.533. The first-order chi connectivity index (χ1) is 15.7. The maximum absolute atomic E-state index is 13.2. The number of hydrogen-bond donors (Lipinski definition) is 2. The Morgan fingerprint density at radius 2 is 1.67 bits per heavy atom. The SMILES string of the molecule is COC(=O)C1=C(C)NC(C)=C(C(=O)OC/C=C/c2ccc(O)cc2)C1c1ccc(Cl)cc1Cl. The summed E-state index contributed by atoms with van der Waals surface area (Å²) in [6.07, 6.45) is 3.45. The molecular weight excluding hydrogens is 465 g/mol. The second-order valence-electron chi connectivity index (χ2n) is 7.39. The van der Waals surface area contributed by atoms with Crippen LogP contribution in [-0.2, 0) is 19.1 Å². The zero-order valence-corrected chi connectivity index (χ0v) is 19.8. The van der Waals surface area contributed by atoms with Gasteiger partial charge in [-0.2, -0.15) is 0 Å². The first kappa shape index (κ1) is 24.4. The molecule has 0 aliphatic carbocycles. The van der Waals surface area contributed by atoms with Crippen LogP contribution in [0, 0.1) is 0 Å². The molecule has 0 radical (unpaired) electrons. The molecule has 0 bridgehead atoms. The number of methoxy groups -OCH3 is 1. The number of hydrogen-bond acceptors (Lipinski definition) is 6. The van der Waals surface area contributed by atoms with E-state index in [-0.39, 0.29) is 23.5 Å². The molecule has 0 saturated heterocycles. The van der Waals surface area contributed by atoms with Crippen molar-refractivity contribution in [3.8, 4) is 5.75 Å². The summed E-state index contributed by atoms with van der Waals surface area (Å²) < 4.78 is 10.5. The van der Waals surface area contributed by atoms with Crippen molar-refractivity contribution in [3.05, 3.63) is 92.3 Å². The number of nitrogens with one attached hydrogen (secondary N) is 1. The Morgan fingerprint density at radius 3 is 2.27 bits per heavy atom. The molecule has 2 aromatic carbocycles. The number of aromatic hydroxyl groups is 1. The number of phenolic OH excluding ortho intramolecular Hbond substituents is 1. The minimum absolute atomic E-state index is 0.00775. The molecule has 1 heterocycles. The number of phenols is 1. The van der Waals surface area contributed by atoms with E-state index in [1.165, 1.54) is 7.11 Å². The van der Waals surface area contributed by atoms with E-state index >= 15 is 0 Å². The van der Waals surface area contributed by atoms with Gasteiger partial charge in [-0.25, -0.2) is 9.59 Å². The summed E-state index contributed by atoms with van der Waals surface area (Å²) in [5.74, 6) is -1.80. The molecular formula is C25H23Cl2NO5. The molecule has 2 aromatic rings. The average molecular weight is 488 g/mol. The van der Waals surface area contributed by atoms with Gasteiger partial charge < -0.3 is 19.9 Å². The van der Waals surface area contributed by atoms with Crippen LogP contribution in [0.5, 0.6) is 5.75 Å². The van der Waals surface area contributed by atoms with Crippen LogP contribution in [0.25, 0.3) is 6.08 Å². The van der Waals surface area contributed by atoms with Gasteiger partial charge in [0, 0.05) is 21.4 Å². The molecule has 0 saturated carbocycles. The third kappa shape index (κ3) is 5.59. The lowest BCUT2D eigenvalue weighted by Gasteiger charge is -2.30. The minimum Gasteiger partial charge on any atom is -0.508 e. The smallest absolute Gasteiger partial charge is 0.337 e. The minimum atomic E-state index is -0.794. The van der Waals surface area contributed by atoms with Gasteiger partial charge in [-0.05, 0) is 55.3 Å². The normalized spacial score (nSPS) is 16.1. The maximum atomic E-state index is 13.2. The molecule has 0 amide bonds. The van der Waals surface area contributed by atoms with Crippen LogP contribution in [0.2, 0.25) is 10.0 Å². The van der Waals surface area contributed by atoms with Gasteiger partial charge in [-0.3, -0.25) is 0 Å². The molecule has 33 heavy (non-hydrogen) atoms. The number of carbonyl (C=O) groups excluding carboxylic acids is 2. The van der Waals surface area contributed by atoms with E-state index in [9.17, 15) is 14.7 Å². The first-order valence-electron chi connectivity index (χ1n) is 10.1. The molecule has 0 fully saturated rings. The first-order valence-corrected chi connectivity index (χ1v) is 10.8. The Kier molecular flexibility index (Phi) is 7.84. The Morgan fingerprint density at radius 1 is 1.03 bits per heavy atom. The van der Waals surface area contributed by atoms with Crippen molar-refractivity contribution in [2.45, 2.75) is 19.8 Å². The highest BCUT2D eigenvalue weighted by atomic mass is 35.5. The number of ether oxygens (including phenoxy) is 2. The molecule has 2 N–H and O–H groups in total. The lowest BCUT2D eigenvalue weighted by atomic mass is 9.80. The molecule has 1 aliphatic heterocycles. The van der Waals surface area contributed by atoms with Crippen molar-refractivity contribution in [1.29, 1.82) is 0 Å². The van der Waals surface area contributed by atoms with Crippen LogP contribution in [0.1, 0.15) is 30.9 Å². The molecule has 3 rings (SSSR count). The van der Waals surface area contributed by atoms with E-state index in [0.29, 0.717) is 27.0 Å². The number of carbonyl (C=O) groups is 2. The van der Waals surface area contributed by atoms with E-state index in [2.05, 4.69) is 5.32 Å². The summed E-state index contributed by atoms with van der Waals surface area (Å²) in [7, 11) is 1.28. The van der Waals surface area contributed by atoms with Gasteiger partial charge in [0.15, 0.2) is 0 Å². The van der Waals surface area contributed by atoms with Crippen LogP contribution < -0.4 is 5.32 Å². The maximum Gasteiger partial charge on any atom is 0.337 e. The molecule has 1 atom stereocenters. The second kappa shape index (κ2) is 10.6. The van der Waals surface area contributed by atoms with Crippen LogP contribution in [0.4, 0.5) is 0 Å². The number of esters is 2. The van der Waals surface area contributed by atoms with Gasteiger partial charge in [-0.1, -0.05) is 47.5 Å². The van der Waals surface area contributed by atoms with Gasteiger partial charge in [0.2, 0.25) is 0 Å². The summed E-state index contributed by atoms with van der Waals surface area (Å²) >= 11 is 12.5. The van der Waals surface area contributed by atoms with Crippen LogP contribution in [0.3, 0.4) is 0 Å². The van der Waals surface area contributed by atoms with Crippen molar-refractivity contribution < 1.29 is 24.2 Å². The Balaban J connectivity index is 1.91. The largest absolute Gasteiger partial charge is 0.508 e. The van der Waals surface area contributed by atoms with Gasteiger partial charge in [0.25, 0.3) is 0 Å². The van der Waals surface area contributed by atoms with E-state index < -0.39 is 17.9 Å². The summed E-state index contributed by atoms with van der Waals surface area (Å²) in [6, 6.07) is 11.5. The highest BCUT2D eigenvalue weighted by Gasteiger charge is 2.38. The van der Waals surface area contributed by atoms with E-state index in [1.54, 1.807) is 68.5 Å². The molecule has 0 aromatic heterocycles.